The third-order valence-corrected chi connectivity index (χ3v) is 9.07. The fourth-order valence-electron chi connectivity index (χ4n) is 5.05. The maximum absolute atomic E-state index is 13.1. The lowest BCUT2D eigenvalue weighted by Crippen LogP contribution is -2.45. The van der Waals surface area contributed by atoms with Gasteiger partial charge in [0.2, 0.25) is 15.9 Å². The van der Waals surface area contributed by atoms with E-state index in [1.807, 2.05) is 13.8 Å². The average Bonchev–Trinajstić information content (AvgIpc) is 2.84. The molecule has 0 saturated carbocycles. The number of sulfonamides is 1. The number of anilines is 1. The van der Waals surface area contributed by atoms with Crippen LogP contribution < -0.4 is 10.2 Å². The summed E-state index contributed by atoms with van der Waals surface area (Å²) in [5.41, 5.74) is 3.31. The number of amides is 1. The van der Waals surface area contributed by atoms with Crippen molar-refractivity contribution in [1.82, 2.24) is 9.62 Å². The van der Waals surface area contributed by atoms with E-state index < -0.39 is 10.0 Å². The van der Waals surface area contributed by atoms with Gasteiger partial charge < -0.3 is 10.2 Å². The third-order valence-electron chi connectivity index (χ3n) is 7.19. The molecule has 2 aromatic carbocycles. The summed E-state index contributed by atoms with van der Waals surface area (Å²) in [6, 6.07) is 15.2. The van der Waals surface area contributed by atoms with Crippen molar-refractivity contribution in [3.05, 3.63) is 59.7 Å². The largest absolute Gasteiger partial charge is 0.371 e. The lowest BCUT2D eigenvalue weighted by molar-refractivity contribution is -0.126. The number of carbonyl (C=O) groups is 1. The highest BCUT2D eigenvalue weighted by Crippen LogP contribution is 2.27. The minimum absolute atomic E-state index is 0.0785. The molecule has 0 unspecified atom stereocenters. The summed E-state index contributed by atoms with van der Waals surface area (Å²) >= 11 is 0. The van der Waals surface area contributed by atoms with Gasteiger partial charge in [-0.15, -0.1) is 0 Å². The van der Waals surface area contributed by atoms with Crippen LogP contribution in [0.25, 0.3) is 0 Å². The van der Waals surface area contributed by atoms with Gasteiger partial charge in [0.05, 0.1) is 16.9 Å². The fourth-order valence-corrected chi connectivity index (χ4v) is 6.57. The summed E-state index contributed by atoms with van der Waals surface area (Å²) in [7, 11) is -3.60. The van der Waals surface area contributed by atoms with E-state index in [9.17, 15) is 13.2 Å². The summed E-state index contributed by atoms with van der Waals surface area (Å²) in [5.74, 6) is 0.298. The molecule has 0 aliphatic carbocycles. The first-order chi connectivity index (χ1) is 16.2. The molecule has 2 fully saturated rings. The molecule has 2 aliphatic rings. The SMILES string of the molecule is Cc1ccc(S(=O)(=O)N2CCC[C@H](C(=O)N[C@@H](C)c3ccc(N4CCC[C@H](C)C4)cc3)C2)cc1. The van der Waals surface area contributed by atoms with Crippen molar-refractivity contribution in [2.45, 2.75) is 57.4 Å². The molecule has 0 aromatic heterocycles. The Labute approximate surface area is 204 Å². The van der Waals surface area contributed by atoms with E-state index in [4.69, 9.17) is 0 Å². The molecule has 0 radical (unpaired) electrons. The molecule has 7 heteroatoms. The Balaban J connectivity index is 1.36. The number of hydrogen-bond acceptors (Lipinski definition) is 4. The van der Waals surface area contributed by atoms with Gasteiger partial charge in [0.15, 0.2) is 0 Å². The zero-order chi connectivity index (χ0) is 24.3. The first kappa shape index (κ1) is 24.7. The van der Waals surface area contributed by atoms with E-state index in [1.54, 1.807) is 24.3 Å². The molecule has 1 N–H and O–H groups in total. The van der Waals surface area contributed by atoms with Gasteiger partial charge >= 0.3 is 0 Å². The van der Waals surface area contributed by atoms with Gasteiger partial charge in [-0.3, -0.25) is 4.79 Å². The van der Waals surface area contributed by atoms with Crippen molar-refractivity contribution in [3.63, 3.8) is 0 Å². The van der Waals surface area contributed by atoms with Crippen LogP contribution in [0.1, 0.15) is 56.7 Å². The molecule has 6 nitrogen and oxygen atoms in total. The van der Waals surface area contributed by atoms with Crippen LogP contribution >= 0.6 is 0 Å². The van der Waals surface area contributed by atoms with Gasteiger partial charge in [-0.25, -0.2) is 8.42 Å². The molecule has 184 valence electrons. The highest BCUT2D eigenvalue weighted by Gasteiger charge is 2.33. The zero-order valence-corrected chi connectivity index (χ0v) is 21.4. The van der Waals surface area contributed by atoms with Gasteiger partial charge in [0.25, 0.3) is 0 Å². The average molecular weight is 484 g/mol. The van der Waals surface area contributed by atoms with E-state index >= 15 is 0 Å². The van der Waals surface area contributed by atoms with Crippen LogP contribution in [0.15, 0.2) is 53.4 Å². The van der Waals surface area contributed by atoms with E-state index in [0.29, 0.717) is 19.4 Å². The van der Waals surface area contributed by atoms with Crippen molar-refractivity contribution < 1.29 is 13.2 Å². The molecule has 2 heterocycles. The number of piperidine rings is 2. The van der Waals surface area contributed by atoms with Gasteiger partial charge in [-0.2, -0.15) is 4.31 Å². The predicted octanol–water partition coefficient (Wildman–Crippen LogP) is 4.51. The maximum atomic E-state index is 13.1. The molecular formula is C27H37N3O3S. The van der Waals surface area contributed by atoms with Crippen molar-refractivity contribution in [1.29, 1.82) is 0 Å². The number of nitrogens with zero attached hydrogens (tertiary/aromatic N) is 2. The minimum Gasteiger partial charge on any atom is -0.371 e. The summed E-state index contributed by atoms with van der Waals surface area (Å²) in [6.07, 6.45) is 3.90. The summed E-state index contributed by atoms with van der Waals surface area (Å²) in [4.78, 5) is 15.8. The summed E-state index contributed by atoms with van der Waals surface area (Å²) in [6.45, 7) is 9.08. The summed E-state index contributed by atoms with van der Waals surface area (Å²) < 4.78 is 27.6. The minimum atomic E-state index is -3.60. The number of hydrogen-bond donors (Lipinski definition) is 1. The lowest BCUT2D eigenvalue weighted by Gasteiger charge is -2.33. The second-order valence-electron chi connectivity index (χ2n) is 10.0. The second-order valence-corrected chi connectivity index (χ2v) is 12.0. The quantitative estimate of drug-likeness (QED) is 0.656. The number of carbonyl (C=O) groups excluding carboxylic acids is 1. The number of aryl methyl sites for hydroxylation is 1. The maximum Gasteiger partial charge on any atom is 0.243 e. The van der Waals surface area contributed by atoms with E-state index in [0.717, 1.165) is 30.1 Å². The Kier molecular flexibility index (Phi) is 7.63. The van der Waals surface area contributed by atoms with Gasteiger partial charge in [0, 0.05) is 31.9 Å². The van der Waals surface area contributed by atoms with Crippen LogP contribution in [-0.4, -0.2) is 44.8 Å². The smallest absolute Gasteiger partial charge is 0.243 e. The van der Waals surface area contributed by atoms with Crippen LogP contribution in [0, 0.1) is 18.8 Å². The Morgan fingerprint density at radius 1 is 0.971 bits per heavy atom. The topological polar surface area (TPSA) is 69.7 Å². The van der Waals surface area contributed by atoms with Gasteiger partial charge in [-0.05, 0) is 75.3 Å². The Bertz CT molecular complexity index is 1080. The molecule has 1 amide bonds. The molecule has 34 heavy (non-hydrogen) atoms. The van der Waals surface area contributed by atoms with Gasteiger partial charge in [0.1, 0.15) is 0 Å². The normalized spacial score (nSPS) is 22.9. The van der Waals surface area contributed by atoms with Crippen LogP contribution in [0.4, 0.5) is 5.69 Å². The van der Waals surface area contributed by atoms with E-state index in [1.165, 1.54) is 22.8 Å². The van der Waals surface area contributed by atoms with E-state index in [2.05, 4.69) is 41.4 Å². The van der Waals surface area contributed by atoms with Crippen LogP contribution in [0.3, 0.4) is 0 Å². The molecular weight excluding hydrogens is 446 g/mol. The molecule has 2 saturated heterocycles. The second kappa shape index (κ2) is 10.5. The predicted molar refractivity (Wildman–Crippen MR) is 136 cm³/mol. The van der Waals surface area contributed by atoms with Crippen LogP contribution in [-0.2, 0) is 14.8 Å². The number of benzene rings is 2. The Hall–Kier alpha value is -2.38. The molecule has 2 aliphatic heterocycles. The lowest BCUT2D eigenvalue weighted by atomic mass is 9.97. The van der Waals surface area contributed by atoms with Crippen molar-refractivity contribution in [2.24, 2.45) is 11.8 Å². The first-order valence-corrected chi connectivity index (χ1v) is 13.9. The fraction of sp³-hybridized carbons (Fsp3) is 0.519. The molecule has 2 aromatic rings. The standard InChI is InChI=1S/C27H37N3O3S/c1-20-8-14-26(15-9-20)34(32,33)30-17-5-7-24(19-30)27(31)28-22(3)23-10-12-25(13-11-23)29-16-4-6-21(2)18-29/h8-15,21-22,24H,4-7,16-19H2,1-3H3,(H,28,31)/t21-,22-,24-/m0/s1. The zero-order valence-electron chi connectivity index (χ0n) is 20.5. The highest BCUT2D eigenvalue weighted by atomic mass is 32.2. The molecule has 0 spiro atoms. The molecule has 0 bridgehead atoms. The monoisotopic (exact) mass is 483 g/mol. The first-order valence-electron chi connectivity index (χ1n) is 12.5. The Morgan fingerprint density at radius 3 is 2.32 bits per heavy atom. The van der Waals surface area contributed by atoms with Crippen LogP contribution in [0.2, 0.25) is 0 Å². The van der Waals surface area contributed by atoms with Crippen LogP contribution in [0.5, 0.6) is 0 Å². The van der Waals surface area contributed by atoms with Crippen molar-refractivity contribution in [3.8, 4) is 0 Å². The van der Waals surface area contributed by atoms with Gasteiger partial charge in [-0.1, -0.05) is 36.8 Å². The van der Waals surface area contributed by atoms with Crippen molar-refractivity contribution >= 4 is 21.6 Å². The summed E-state index contributed by atoms with van der Waals surface area (Å²) in [5, 5.41) is 3.12. The molecule has 4 rings (SSSR count). The third kappa shape index (κ3) is 5.63. The highest BCUT2D eigenvalue weighted by molar-refractivity contribution is 7.89. The van der Waals surface area contributed by atoms with E-state index in [-0.39, 0.29) is 29.3 Å². The Morgan fingerprint density at radius 2 is 1.65 bits per heavy atom. The molecule has 3 atom stereocenters. The number of rotatable bonds is 6. The number of nitrogens with one attached hydrogen (secondary N) is 1. The van der Waals surface area contributed by atoms with Crippen molar-refractivity contribution in [2.75, 3.05) is 31.1 Å².